The third kappa shape index (κ3) is 1.15. The van der Waals surface area contributed by atoms with Crippen molar-refractivity contribution in [2.75, 3.05) is 13.2 Å². The number of hydrogen-bond donors (Lipinski definition) is 0. The summed E-state index contributed by atoms with van der Waals surface area (Å²) in [5, 5.41) is 8.27. The van der Waals surface area contributed by atoms with Crippen LogP contribution in [0.15, 0.2) is 11.6 Å². The summed E-state index contributed by atoms with van der Waals surface area (Å²) in [7, 11) is 0. The highest BCUT2D eigenvalue weighted by Gasteiger charge is 2.11. The van der Waals surface area contributed by atoms with E-state index in [-0.39, 0.29) is 18.0 Å². The van der Waals surface area contributed by atoms with Crippen LogP contribution in [0.5, 0.6) is 0 Å². The quantitative estimate of drug-likeness (QED) is 0.456. The first-order chi connectivity index (χ1) is 4.34. The highest BCUT2D eigenvalue weighted by atomic mass is 16.5. The SMILES string of the molecule is N#CC1=CCOCC1=O. The van der Waals surface area contributed by atoms with Crippen LogP contribution in [0.25, 0.3) is 0 Å². The maximum atomic E-state index is 10.6. The van der Waals surface area contributed by atoms with Crippen molar-refractivity contribution in [1.82, 2.24) is 0 Å². The van der Waals surface area contributed by atoms with Crippen LogP contribution in [0, 0.1) is 11.3 Å². The zero-order valence-corrected chi connectivity index (χ0v) is 4.76. The molecule has 0 N–H and O–H groups in total. The normalized spacial score (nSPS) is 18.6. The van der Waals surface area contributed by atoms with Gasteiger partial charge in [0.15, 0.2) is 5.78 Å². The van der Waals surface area contributed by atoms with E-state index >= 15 is 0 Å². The van der Waals surface area contributed by atoms with E-state index < -0.39 is 0 Å². The van der Waals surface area contributed by atoms with E-state index in [9.17, 15) is 4.79 Å². The minimum Gasteiger partial charge on any atom is -0.369 e. The predicted molar refractivity (Wildman–Crippen MR) is 29.5 cm³/mol. The van der Waals surface area contributed by atoms with Gasteiger partial charge in [0.25, 0.3) is 0 Å². The molecule has 3 nitrogen and oxygen atoms in total. The highest BCUT2D eigenvalue weighted by Crippen LogP contribution is 2.00. The molecule has 0 saturated heterocycles. The lowest BCUT2D eigenvalue weighted by atomic mass is 10.1. The zero-order valence-electron chi connectivity index (χ0n) is 4.76. The van der Waals surface area contributed by atoms with Crippen LogP contribution in [0.4, 0.5) is 0 Å². The van der Waals surface area contributed by atoms with E-state index in [0.29, 0.717) is 6.61 Å². The molecule has 0 amide bonds. The van der Waals surface area contributed by atoms with Gasteiger partial charge in [0.05, 0.1) is 12.2 Å². The molecule has 0 aliphatic carbocycles. The van der Waals surface area contributed by atoms with Crippen molar-refractivity contribution in [2.24, 2.45) is 0 Å². The van der Waals surface area contributed by atoms with Gasteiger partial charge in [-0.05, 0) is 6.08 Å². The van der Waals surface area contributed by atoms with Crippen molar-refractivity contribution in [1.29, 1.82) is 5.26 Å². The molecule has 0 radical (unpaired) electrons. The number of Topliss-reactive ketones (excluding diaryl/α,β-unsaturated/α-hetero) is 1. The third-order valence-electron chi connectivity index (χ3n) is 1.06. The van der Waals surface area contributed by atoms with Crippen molar-refractivity contribution >= 4 is 5.78 Å². The zero-order chi connectivity index (χ0) is 6.69. The van der Waals surface area contributed by atoms with Crippen molar-refractivity contribution < 1.29 is 9.53 Å². The first kappa shape index (κ1) is 5.99. The molecule has 1 aliphatic rings. The van der Waals surface area contributed by atoms with Crippen molar-refractivity contribution in [3.63, 3.8) is 0 Å². The third-order valence-corrected chi connectivity index (χ3v) is 1.06. The smallest absolute Gasteiger partial charge is 0.198 e. The molecule has 0 saturated carbocycles. The minimum atomic E-state index is -0.219. The van der Waals surface area contributed by atoms with Crippen LogP contribution < -0.4 is 0 Å². The number of carbonyl (C=O) groups is 1. The second kappa shape index (κ2) is 2.42. The fourth-order valence-electron chi connectivity index (χ4n) is 0.593. The molecule has 3 heteroatoms. The fourth-order valence-corrected chi connectivity index (χ4v) is 0.593. The van der Waals surface area contributed by atoms with Crippen molar-refractivity contribution in [3.05, 3.63) is 11.6 Å². The summed E-state index contributed by atoms with van der Waals surface area (Å²) in [6, 6.07) is 1.79. The predicted octanol–water partition coefficient (Wildman–Crippen LogP) is 0.0357. The molecular formula is C6H5NO2. The number of nitrogens with zero attached hydrogens (tertiary/aromatic N) is 1. The van der Waals surface area contributed by atoms with Crippen LogP contribution in [0.3, 0.4) is 0 Å². The topological polar surface area (TPSA) is 50.1 Å². The molecule has 0 spiro atoms. The molecule has 0 fully saturated rings. The van der Waals surface area contributed by atoms with Crippen LogP contribution in [-0.2, 0) is 9.53 Å². The number of rotatable bonds is 0. The molecule has 9 heavy (non-hydrogen) atoms. The Morgan fingerprint density at radius 3 is 3.00 bits per heavy atom. The van der Waals surface area contributed by atoms with Crippen LogP contribution in [0.2, 0.25) is 0 Å². The van der Waals surface area contributed by atoms with Gasteiger partial charge in [-0.25, -0.2) is 0 Å². The Morgan fingerprint density at radius 2 is 2.56 bits per heavy atom. The summed E-state index contributed by atoms with van der Waals surface area (Å²) >= 11 is 0. The monoisotopic (exact) mass is 123 g/mol. The van der Waals surface area contributed by atoms with Gasteiger partial charge in [0.1, 0.15) is 12.7 Å². The van der Waals surface area contributed by atoms with Crippen molar-refractivity contribution in [3.8, 4) is 6.07 Å². The van der Waals surface area contributed by atoms with Crippen molar-refractivity contribution in [2.45, 2.75) is 0 Å². The number of ketones is 1. The summed E-state index contributed by atoms with van der Waals surface area (Å²) in [6.45, 7) is 0.439. The van der Waals surface area contributed by atoms with Crippen LogP contribution in [0.1, 0.15) is 0 Å². The second-order valence-electron chi connectivity index (χ2n) is 1.67. The highest BCUT2D eigenvalue weighted by molar-refractivity contribution is 6.00. The molecule has 0 aromatic heterocycles. The molecule has 46 valence electrons. The molecule has 0 atom stereocenters. The lowest BCUT2D eigenvalue weighted by molar-refractivity contribution is -0.120. The Morgan fingerprint density at radius 1 is 1.78 bits per heavy atom. The summed E-state index contributed by atoms with van der Waals surface area (Å²) in [5.74, 6) is -0.219. The minimum absolute atomic E-state index is 0.0550. The Bertz CT molecular complexity index is 200. The van der Waals surface area contributed by atoms with Gasteiger partial charge >= 0.3 is 0 Å². The van der Waals surface area contributed by atoms with E-state index in [4.69, 9.17) is 10.00 Å². The van der Waals surface area contributed by atoms with Gasteiger partial charge in [-0.15, -0.1) is 0 Å². The number of carbonyl (C=O) groups excluding carboxylic acids is 1. The van der Waals surface area contributed by atoms with E-state index in [1.807, 2.05) is 0 Å². The summed E-state index contributed by atoms with van der Waals surface area (Å²) in [4.78, 5) is 10.6. The fraction of sp³-hybridized carbons (Fsp3) is 0.333. The van der Waals surface area contributed by atoms with Gasteiger partial charge in [0.2, 0.25) is 0 Å². The first-order valence-electron chi connectivity index (χ1n) is 2.56. The van der Waals surface area contributed by atoms with Gasteiger partial charge in [-0.1, -0.05) is 0 Å². The Labute approximate surface area is 52.5 Å². The van der Waals surface area contributed by atoms with Crippen LogP contribution in [-0.4, -0.2) is 19.0 Å². The standard InChI is InChI=1S/C6H5NO2/c7-3-5-1-2-9-4-6(5)8/h1H,2,4H2. The molecule has 0 aromatic rings. The second-order valence-corrected chi connectivity index (χ2v) is 1.67. The Kier molecular flexibility index (Phi) is 1.61. The van der Waals surface area contributed by atoms with E-state index in [0.717, 1.165) is 0 Å². The average molecular weight is 123 g/mol. The van der Waals surface area contributed by atoms with E-state index in [1.165, 1.54) is 6.08 Å². The maximum absolute atomic E-state index is 10.6. The number of hydrogen-bond acceptors (Lipinski definition) is 3. The van der Waals surface area contributed by atoms with Gasteiger partial charge in [0, 0.05) is 0 Å². The summed E-state index contributed by atoms with van der Waals surface area (Å²) < 4.78 is 4.74. The van der Waals surface area contributed by atoms with Crippen LogP contribution >= 0.6 is 0 Å². The molecule has 0 bridgehead atoms. The molecule has 0 unspecified atom stereocenters. The van der Waals surface area contributed by atoms with E-state index in [1.54, 1.807) is 6.07 Å². The Hall–Kier alpha value is -1.14. The van der Waals surface area contributed by atoms with Gasteiger partial charge in [-0.2, -0.15) is 5.26 Å². The van der Waals surface area contributed by atoms with Gasteiger partial charge in [-0.3, -0.25) is 4.79 Å². The van der Waals surface area contributed by atoms with Gasteiger partial charge < -0.3 is 4.74 Å². The summed E-state index contributed by atoms with van der Waals surface area (Å²) in [5.41, 5.74) is 0.223. The molecule has 1 rings (SSSR count). The molecule has 0 aromatic carbocycles. The van der Waals surface area contributed by atoms with E-state index in [2.05, 4.69) is 0 Å². The number of ether oxygens (including phenoxy) is 1. The largest absolute Gasteiger partial charge is 0.369 e. The summed E-state index contributed by atoms with van der Waals surface area (Å²) in [6.07, 6.45) is 1.49. The molecule has 1 heterocycles. The Balaban J connectivity index is 2.79. The maximum Gasteiger partial charge on any atom is 0.198 e. The molecule has 1 aliphatic heterocycles. The average Bonchev–Trinajstić information content (AvgIpc) is 1.89. The lowest BCUT2D eigenvalue weighted by Gasteiger charge is -2.04. The lowest BCUT2D eigenvalue weighted by Crippen LogP contribution is -2.15. The first-order valence-corrected chi connectivity index (χ1v) is 2.56. The number of nitriles is 1. The molecular weight excluding hydrogens is 118 g/mol.